The van der Waals surface area contributed by atoms with Gasteiger partial charge in [0, 0.05) is 0 Å². The summed E-state index contributed by atoms with van der Waals surface area (Å²) in [6.45, 7) is 2.97. The molecular formula is C3H8NY+2. The topological polar surface area (TPSA) is 12.0 Å². The Morgan fingerprint density at radius 2 is 2.00 bits per heavy atom. The second kappa shape index (κ2) is 8.91. The van der Waals surface area contributed by atoms with Gasteiger partial charge in [-0.2, -0.15) is 0 Å². The van der Waals surface area contributed by atoms with Crippen molar-refractivity contribution in [2.45, 2.75) is 6.92 Å². The maximum Gasteiger partial charge on any atom is 3.00 e. The van der Waals surface area contributed by atoms with E-state index in [1.54, 1.807) is 0 Å². The third kappa shape index (κ3) is 11.2. The zero-order valence-electron chi connectivity index (χ0n) is 3.49. The summed E-state index contributed by atoms with van der Waals surface area (Å²) in [5, 5.41) is 2.68. The molecule has 0 saturated carbocycles. The van der Waals surface area contributed by atoms with Crippen molar-refractivity contribution in [2.75, 3.05) is 6.54 Å². The molecule has 1 N–H and O–H groups in total. The molecule has 0 unspecified atom stereocenters. The average Bonchev–Trinajstić information content (AvgIpc) is 1.37. The Bertz CT molecular complexity index is 8.85. The summed E-state index contributed by atoms with van der Waals surface area (Å²) in [6.07, 6.45) is 0. The molecule has 0 aliphatic carbocycles. The van der Waals surface area contributed by atoms with Crippen molar-refractivity contribution in [3.05, 3.63) is 7.05 Å². The Morgan fingerprint density at radius 1 is 1.80 bits per heavy atom. The molecule has 2 heteroatoms. The van der Waals surface area contributed by atoms with E-state index in [9.17, 15) is 0 Å². The molecule has 1 nitrogen and oxygen atoms in total. The van der Waals surface area contributed by atoms with Crippen LogP contribution in [-0.4, -0.2) is 6.54 Å². The Hall–Kier alpha value is 1.06. The minimum atomic E-state index is 0. The molecule has 0 bridgehead atoms. The van der Waals surface area contributed by atoms with Crippen LogP contribution in [0.2, 0.25) is 0 Å². The number of nitrogens with one attached hydrogen (secondary N) is 1. The third-order valence-corrected chi connectivity index (χ3v) is 0.250. The van der Waals surface area contributed by atoms with Gasteiger partial charge in [-0.1, -0.05) is 6.92 Å². The quantitative estimate of drug-likeness (QED) is 0.529. The first kappa shape index (κ1) is 9.42. The zero-order valence-corrected chi connectivity index (χ0v) is 6.33. The molecule has 0 aromatic carbocycles. The van der Waals surface area contributed by atoms with Gasteiger partial charge in [0.25, 0.3) is 0 Å². The number of rotatable bonds is 1. The fraction of sp³-hybridized carbons (Fsp3) is 0.667. The fourth-order valence-corrected chi connectivity index (χ4v) is 0. The SMILES string of the molecule is [CH2-]NCC.[Y+3]. The van der Waals surface area contributed by atoms with Gasteiger partial charge < -0.3 is 5.32 Å². The van der Waals surface area contributed by atoms with Crippen LogP contribution in [0.1, 0.15) is 6.92 Å². The van der Waals surface area contributed by atoms with Crippen LogP contribution in [0.5, 0.6) is 0 Å². The summed E-state index contributed by atoms with van der Waals surface area (Å²) in [4.78, 5) is 0. The van der Waals surface area contributed by atoms with Crippen molar-refractivity contribution in [1.29, 1.82) is 0 Å². The molecule has 0 heterocycles. The van der Waals surface area contributed by atoms with Crippen molar-refractivity contribution in [2.24, 2.45) is 0 Å². The smallest absolute Gasteiger partial charge is 0.473 e. The second-order valence-electron chi connectivity index (χ2n) is 0.604. The maximum absolute atomic E-state index is 3.35. The Kier molecular flexibility index (Phi) is 16.8. The van der Waals surface area contributed by atoms with E-state index in [4.69, 9.17) is 0 Å². The summed E-state index contributed by atoms with van der Waals surface area (Å²) >= 11 is 0. The molecule has 0 aromatic heterocycles. The normalized spacial score (nSPS) is 6.00. The van der Waals surface area contributed by atoms with Gasteiger partial charge in [-0.3, -0.25) is 7.05 Å². The van der Waals surface area contributed by atoms with Crippen molar-refractivity contribution in [1.82, 2.24) is 5.32 Å². The van der Waals surface area contributed by atoms with Gasteiger partial charge in [-0.25, -0.2) is 0 Å². The van der Waals surface area contributed by atoms with E-state index >= 15 is 0 Å². The van der Waals surface area contributed by atoms with Crippen LogP contribution in [-0.2, 0) is 32.7 Å². The van der Waals surface area contributed by atoms with Crippen LogP contribution >= 0.6 is 0 Å². The number of hydrogen-bond donors (Lipinski definition) is 1. The van der Waals surface area contributed by atoms with E-state index in [0.717, 1.165) is 6.54 Å². The Labute approximate surface area is 58.4 Å². The second-order valence-corrected chi connectivity index (χ2v) is 0.604. The summed E-state index contributed by atoms with van der Waals surface area (Å²) in [5.41, 5.74) is 0. The third-order valence-electron chi connectivity index (χ3n) is 0.250. The summed E-state index contributed by atoms with van der Waals surface area (Å²) < 4.78 is 0. The van der Waals surface area contributed by atoms with E-state index in [0.29, 0.717) is 0 Å². The van der Waals surface area contributed by atoms with E-state index in [2.05, 4.69) is 12.4 Å². The molecule has 0 rings (SSSR count). The van der Waals surface area contributed by atoms with E-state index in [1.807, 2.05) is 6.92 Å². The van der Waals surface area contributed by atoms with Gasteiger partial charge in [0.1, 0.15) is 0 Å². The van der Waals surface area contributed by atoms with E-state index in [-0.39, 0.29) is 32.7 Å². The van der Waals surface area contributed by atoms with Gasteiger partial charge >= 0.3 is 32.7 Å². The Balaban J connectivity index is 0. The first-order valence-electron chi connectivity index (χ1n) is 1.41. The molecule has 0 radical (unpaired) electrons. The molecule has 26 valence electrons. The minimum absolute atomic E-state index is 0. The van der Waals surface area contributed by atoms with Crippen LogP contribution in [0.15, 0.2) is 0 Å². The molecule has 0 saturated heterocycles. The van der Waals surface area contributed by atoms with Crippen LogP contribution in [0.25, 0.3) is 0 Å². The van der Waals surface area contributed by atoms with Gasteiger partial charge in [0.15, 0.2) is 0 Å². The predicted molar refractivity (Wildman–Crippen MR) is 19.0 cm³/mol. The van der Waals surface area contributed by atoms with Gasteiger partial charge in [0.2, 0.25) is 0 Å². The molecule has 0 aromatic rings. The van der Waals surface area contributed by atoms with Crippen molar-refractivity contribution in [3.8, 4) is 0 Å². The van der Waals surface area contributed by atoms with Crippen LogP contribution in [0.4, 0.5) is 0 Å². The molecular weight excluding hydrogens is 139 g/mol. The van der Waals surface area contributed by atoms with Gasteiger partial charge in [-0.15, -0.1) is 0 Å². The fourth-order valence-electron chi connectivity index (χ4n) is 0. The van der Waals surface area contributed by atoms with Crippen molar-refractivity contribution < 1.29 is 32.7 Å². The minimum Gasteiger partial charge on any atom is -0.473 e. The van der Waals surface area contributed by atoms with Gasteiger partial charge in [-0.05, 0) is 6.54 Å². The molecule has 0 fully saturated rings. The summed E-state index contributed by atoms with van der Waals surface area (Å²) in [6, 6.07) is 0. The maximum atomic E-state index is 3.35. The van der Waals surface area contributed by atoms with Crippen LogP contribution in [0.3, 0.4) is 0 Å². The zero-order chi connectivity index (χ0) is 3.41. The van der Waals surface area contributed by atoms with E-state index in [1.165, 1.54) is 0 Å². The number of hydrogen-bond acceptors (Lipinski definition) is 1. The monoisotopic (exact) mass is 147 g/mol. The molecule has 0 aliphatic heterocycles. The van der Waals surface area contributed by atoms with Crippen LogP contribution in [0, 0.1) is 7.05 Å². The first-order valence-corrected chi connectivity index (χ1v) is 1.41. The largest absolute Gasteiger partial charge is 3.00 e. The standard InChI is InChI=1S/C3H8N.Y/c1-3-4-2;/h4H,2-3H2,1H3;/q-1;+3. The molecule has 0 amide bonds. The predicted octanol–water partition coefficient (Wildman–Crippen LogP) is 0.385. The Morgan fingerprint density at radius 3 is 2.00 bits per heavy atom. The van der Waals surface area contributed by atoms with Crippen molar-refractivity contribution >= 4 is 0 Å². The van der Waals surface area contributed by atoms with E-state index < -0.39 is 0 Å². The molecule has 0 atom stereocenters. The van der Waals surface area contributed by atoms with Gasteiger partial charge in [0.05, 0.1) is 0 Å². The van der Waals surface area contributed by atoms with Crippen molar-refractivity contribution in [3.63, 3.8) is 0 Å². The molecule has 0 spiro atoms. The molecule has 5 heavy (non-hydrogen) atoms. The summed E-state index contributed by atoms with van der Waals surface area (Å²) in [7, 11) is 3.35. The first-order chi connectivity index (χ1) is 1.91. The molecule has 0 aliphatic rings. The van der Waals surface area contributed by atoms with Crippen LogP contribution < -0.4 is 5.32 Å². The summed E-state index contributed by atoms with van der Waals surface area (Å²) in [5.74, 6) is 0. The average molecular weight is 147 g/mol.